The molecule has 0 radical (unpaired) electrons. The summed E-state index contributed by atoms with van der Waals surface area (Å²) >= 11 is 0. The van der Waals surface area contributed by atoms with Crippen LogP contribution in [0.2, 0.25) is 0 Å². The van der Waals surface area contributed by atoms with Crippen molar-refractivity contribution in [2.75, 3.05) is 7.11 Å². The zero-order valence-corrected chi connectivity index (χ0v) is 20.0. The van der Waals surface area contributed by atoms with Gasteiger partial charge in [-0.2, -0.15) is 0 Å². The molecule has 4 atom stereocenters. The average molecular weight is 460 g/mol. The Kier molecular flexibility index (Phi) is 6.05. The van der Waals surface area contributed by atoms with Gasteiger partial charge in [0, 0.05) is 24.6 Å². The van der Waals surface area contributed by atoms with Crippen molar-refractivity contribution in [2.24, 2.45) is 17.3 Å². The Hall–Kier alpha value is -2.95. The number of carbonyl (C=O) groups is 2. The molecule has 1 aromatic heterocycles. The van der Waals surface area contributed by atoms with Crippen molar-refractivity contribution in [3.63, 3.8) is 0 Å². The Morgan fingerprint density at radius 3 is 2.82 bits per heavy atom. The number of benzene rings is 1. The van der Waals surface area contributed by atoms with Crippen LogP contribution in [-0.2, 0) is 11.2 Å². The SMILES string of the molecule is COc1cncc(C2=CC[C@H]3[C@@H]4CCc5cc(C(=O)CCCC(=O)O)ccc5[C@H]4CC[C@]23C)c1. The van der Waals surface area contributed by atoms with E-state index in [1.54, 1.807) is 13.3 Å². The van der Waals surface area contributed by atoms with Gasteiger partial charge in [-0.1, -0.05) is 25.1 Å². The van der Waals surface area contributed by atoms with Crippen LogP contribution >= 0.6 is 0 Å². The number of nitrogens with zero attached hydrogens (tertiary/aromatic N) is 1. The number of rotatable bonds is 7. The summed E-state index contributed by atoms with van der Waals surface area (Å²) in [4.78, 5) is 27.7. The van der Waals surface area contributed by atoms with Gasteiger partial charge in [-0.05, 0) is 96.1 Å². The Balaban J connectivity index is 1.34. The van der Waals surface area contributed by atoms with Gasteiger partial charge in [0.15, 0.2) is 5.78 Å². The molecule has 0 saturated heterocycles. The summed E-state index contributed by atoms with van der Waals surface area (Å²) in [6, 6.07) is 8.36. The highest BCUT2D eigenvalue weighted by Gasteiger charge is 2.52. The molecule has 0 bridgehead atoms. The first-order valence-electron chi connectivity index (χ1n) is 12.5. The molecule has 5 heteroatoms. The number of aliphatic carboxylic acids is 1. The Labute approximate surface area is 201 Å². The van der Waals surface area contributed by atoms with Crippen LogP contribution in [0.5, 0.6) is 5.75 Å². The molecule has 1 heterocycles. The largest absolute Gasteiger partial charge is 0.495 e. The van der Waals surface area contributed by atoms with Crippen LogP contribution in [0, 0.1) is 17.3 Å². The van der Waals surface area contributed by atoms with Gasteiger partial charge in [-0.25, -0.2) is 0 Å². The second-order valence-corrected chi connectivity index (χ2v) is 10.4. The van der Waals surface area contributed by atoms with Crippen molar-refractivity contribution in [1.82, 2.24) is 4.98 Å². The molecular formula is C29H33NO4. The maximum atomic E-state index is 12.6. The van der Waals surface area contributed by atoms with Crippen molar-refractivity contribution in [1.29, 1.82) is 0 Å². The standard InChI is InChI=1S/C29H33NO4/c1-29-13-12-23-22-8-7-19(27(31)4-3-5-28(32)33)14-18(22)6-9-24(23)26(29)11-10-25(29)20-15-21(34-2)17-30-16-20/h7-8,10,14-17,23-24,26H,3-6,9,11-13H2,1-2H3,(H,32,33)/t23-,24-,26+,29-/m1/s1. The molecule has 0 amide bonds. The molecule has 0 spiro atoms. The van der Waals surface area contributed by atoms with E-state index in [0.29, 0.717) is 30.6 Å². The lowest BCUT2D eigenvalue weighted by Gasteiger charge is -2.50. The number of ether oxygens (including phenoxy) is 1. The van der Waals surface area contributed by atoms with Gasteiger partial charge in [0.05, 0.1) is 13.3 Å². The number of allylic oxidation sites excluding steroid dienone is 2. The second-order valence-electron chi connectivity index (χ2n) is 10.4. The van der Waals surface area contributed by atoms with E-state index < -0.39 is 5.97 Å². The molecule has 1 saturated carbocycles. The highest BCUT2D eigenvalue weighted by atomic mass is 16.5. The molecule has 3 aliphatic rings. The summed E-state index contributed by atoms with van der Waals surface area (Å²) in [7, 11) is 1.69. The number of pyridine rings is 1. The maximum Gasteiger partial charge on any atom is 0.303 e. The summed E-state index contributed by atoms with van der Waals surface area (Å²) in [5, 5.41) is 8.83. The van der Waals surface area contributed by atoms with E-state index in [2.05, 4.69) is 36.2 Å². The van der Waals surface area contributed by atoms with Crippen molar-refractivity contribution in [3.8, 4) is 5.75 Å². The monoisotopic (exact) mass is 459 g/mol. The molecule has 34 heavy (non-hydrogen) atoms. The van der Waals surface area contributed by atoms with E-state index in [1.165, 1.54) is 22.3 Å². The Morgan fingerprint density at radius 2 is 2.03 bits per heavy atom. The number of carbonyl (C=O) groups excluding carboxylic acids is 1. The first-order chi connectivity index (χ1) is 16.4. The first-order valence-corrected chi connectivity index (χ1v) is 12.5. The number of fused-ring (bicyclic) bond motifs is 5. The third-order valence-corrected chi connectivity index (χ3v) is 8.68. The smallest absolute Gasteiger partial charge is 0.303 e. The average Bonchev–Trinajstić information content (AvgIpc) is 3.20. The van der Waals surface area contributed by atoms with Gasteiger partial charge in [0.1, 0.15) is 5.75 Å². The molecule has 1 N–H and O–H groups in total. The molecule has 2 aromatic rings. The van der Waals surface area contributed by atoms with Crippen LogP contribution in [0.3, 0.4) is 0 Å². The highest BCUT2D eigenvalue weighted by Crippen LogP contribution is 2.63. The molecule has 1 fully saturated rings. The van der Waals surface area contributed by atoms with Crippen LogP contribution in [0.25, 0.3) is 5.57 Å². The van der Waals surface area contributed by atoms with Crippen molar-refractivity contribution < 1.29 is 19.4 Å². The lowest BCUT2D eigenvalue weighted by atomic mass is 9.54. The highest BCUT2D eigenvalue weighted by molar-refractivity contribution is 5.96. The van der Waals surface area contributed by atoms with E-state index in [1.807, 2.05) is 12.3 Å². The van der Waals surface area contributed by atoms with Crippen LogP contribution in [-0.4, -0.2) is 29.0 Å². The number of Topliss-reactive ketones (excluding diaryl/α,β-unsaturated/α-hetero) is 1. The third kappa shape index (κ3) is 3.95. The molecule has 5 nitrogen and oxygen atoms in total. The minimum Gasteiger partial charge on any atom is -0.495 e. The third-order valence-electron chi connectivity index (χ3n) is 8.68. The van der Waals surface area contributed by atoms with E-state index in [0.717, 1.165) is 43.4 Å². The van der Waals surface area contributed by atoms with E-state index >= 15 is 0 Å². The van der Waals surface area contributed by atoms with Gasteiger partial charge >= 0.3 is 5.97 Å². The van der Waals surface area contributed by atoms with Crippen LogP contribution in [0.4, 0.5) is 0 Å². The van der Waals surface area contributed by atoms with Gasteiger partial charge in [-0.3, -0.25) is 14.6 Å². The second kappa shape index (κ2) is 9.01. The number of carboxylic acid groups (broad SMARTS) is 1. The minimum atomic E-state index is -0.846. The number of hydrogen-bond donors (Lipinski definition) is 1. The molecule has 0 aliphatic heterocycles. The van der Waals surface area contributed by atoms with Crippen molar-refractivity contribution >= 4 is 17.3 Å². The number of methoxy groups -OCH3 is 1. The number of aromatic nitrogens is 1. The summed E-state index contributed by atoms with van der Waals surface area (Å²) in [6.07, 6.45) is 12.5. The maximum absolute atomic E-state index is 12.6. The number of hydrogen-bond acceptors (Lipinski definition) is 4. The predicted octanol–water partition coefficient (Wildman–Crippen LogP) is 6.08. The number of carboxylic acids is 1. The van der Waals surface area contributed by atoms with Crippen LogP contribution in [0.15, 0.2) is 42.7 Å². The molecule has 3 aliphatic carbocycles. The zero-order valence-electron chi connectivity index (χ0n) is 20.0. The fraction of sp³-hybridized carbons (Fsp3) is 0.483. The normalized spacial score (nSPS) is 27.2. The summed E-state index contributed by atoms with van der Waals surface area (Å²) in [5.74, 6) is 1.83. The zero-order chi connectivity index (χ0) is 23.9. The van der Waals surface area contributed by atoms with Crippen molar-refractivity contribution in [2.45, 2.75) is 64.2 Å². The lowest BCUT2D eigenvalue weighted by molar-refractivity contribution is -0.137. The molecule has 1 aromatic carbocycles. The first kappa shape index (κ1) is 22.8. The molecule has 178 valence electrons. The number of aryl methyl sites for hydroxylation is 1. The summed E-state index contributed by atoms with van der Waals surface area (Å²) < 4.78 is 5.43. The van der Waals surface area contributed by atoms with Gasteiger partial charge in [0.25, 0.3) is 0 Å². The Bertz CT molecular complexity index is 1150. The predicted molar refractivity (Wildman–Crippen MR) is 131 cm³/mol. The summed E-state index contributed by atoms with van der Waals surface area (Å²) in [5.41, 5.74) is 6.25. The van der Waals surface area contributed by atoms with E-state index in [9.17, 15) is 9.59 Å². The lowest BCUT2D eigenvalue weighted by Crippen LogP contribution is -2.41. The van der Waals surface area contributed by atoms with Gasteiger partial charge in [0.2, 0.25) is 0 Å². The molecule has 5 rings (SSSR count). The van der Waals surface area contributed by atoms with Crippen LogP contribution in [0.1, 0.15) is 84.8 Å². The fourth-order valence-corrected chi connectivity index (χ4v) is 6.99. The van der Waals surface area contributed by atoms with E-state index in [-0.39, 0.29) is 17.6 Å². The number of ketones is 1. The van der Waals surface area contributed by atoms with Gasteiger partial charge < -0.3 is 9.84 Å². The van der Waals surface area contributed by atoms with E-state index in [4.69, 9.17) is 9.84 Å². The Morgan fingerprint density at radius 1 is 1.18 bits per heavy atom. The topological polar surface area (TPSA) is 76.5 Å². The van der Waals surface area contributed by atoms with Crippen molar-refractivity contribution in [3.05, 3.63) is 65.0 Å². The molecule has 0 unspecified atom stereocenters. The minimum absolute atomic E-state index is 0.0441. The van der Waals surface area contributed by atoms with Gasteiger partial charge in [-0.15, -0.1) is 0 Å². The summed E-state index contributed by atoms with van der Waals surface area (Å²) in [6.45, 7) is 2.45. The molecular weight excluding hydrogens is 426 g/mol. The quantitative estimate of drug-likeness (QED) is 0.508. The fourth-order valence-electron chi connectivity index (χ4n) is 6.99. The van der Waals surface area contributed by atoms with Crippen LogP contribution < -0.4 is 4.74 Å².